The molecule has 150 valence electrons. The van der Waals surface area contributed by atoms with E-state index in [0.29, 0.717) is 28.5 Å². The molecule has 0 saturated heterocycles. The van der Waals surface area contributed by atoms with E-state index in [1.807, 2.05) is 45.0 Å². The number of aryl methyl sites for hydroxylation is 2. The number of fused-ring (bicyclic) bond motifs is 1. The fourth-order valence-corrected chi connectivity index (χ4v) is 3.87. The van der Waals surface area contributed by atoms with E-state index in [0.717, 1.165) is 28.5 Å². The number of hydrogen-bond acceptors (Lipinski definition) is 4. The predicted octanol–water partition coefficient (Wildman–Crippen LogP) is 4.82. The third-order valence-electron chi connectivity index (χ3n) is 4.26. The summed E-state index contributed by atoms with van der Waals surface area (Å²) in [6, 6.07) is 7.68. The van der Waals surface area contributed by atoms with E-state index >= 15 is 0 Å². The number of rotatable bonds is 5. The summed E-state index contributed by atoms with van der Waals surface area (Å²) in [4.78, 5) is 21.0. The molecular weight excluding hydrogens is 404 g/mol. The second-order valence-corrected chi connectivity index (χ2v) is 7.82. The predicted molar refractivity (Wildman–Crippen MR) is 113 cm³/mol. The molecule has 1 aromatic heterocycles. The number of anilines is 1. The minimum atomic E-state index is -0.723. The van der Waals surface area contributed by atoms with E-state index in [4.69, 9.17) is 0 Å². The second-order valence-electron chi connectivity index (χ2n) is 6.81. The van der Waals surface area contributed by atoms with Gasteiger partial charge in [0.05, 0.1) is 4.70 Å². The van der Waals surface area contributed by atoms with Crippen LogP contribution in [-0.4, -0.2) is 43.0 Å². The van der Waals surface area contributed by atoms with Gasteiger partial charge in [-0.3, -0.25) is 9.69 Å². The second kappa shape index (κ2) is 8.94. The van der Waals surface area contributed by atoms with Gasteiger partial charge >= 0.3 is 0 Å². The van der Waals surface area contributed by atoms with Crippen LogP contribution in [-0.2, 0) is 0 Å². The molecule has 4 nitrogen and oxygen atoms in total. The van der Waals surface area contributed by atoms with E-state index in [-0.39, 0.29) is 23.8 Å². The Morgan fingerprint density at radius 2 is 1.82 bits per heavy atom. The molecule has 0 fully saturated rings. The molecule has 3 rings (SSSR count). The van der Waals surface area contributed by atoms with Crippen LogP contribution in [0.3, 0.4) is 0 Å². The Bertz CT molecular complexity index is 1010. The molecular formula is C20H22ClF2N3OS. The number of amides is 1. The number of carbonyl (C=O) groups excluding carboxylic acids is 1. The minimum Gasteiger partial charge on any atom is -0.308 e. The van der Waals surface area contributed by atoms with Crippen molar-refractivity contribution in [3.05, 3.63) is 58.7 Å². The zero-order chi connectivity index (χ0) is 19.7. The SMILES string of the molecule is Cc1ccc(C(=O)N(CCN(C)C)c2nc3c(F)cc(F)cc3s2)c(C)c1.Cl. The number of hydrogen-bond donors (Lipinski definition) is 0. The van der Waals surface area contributed by atoms with Gasteiger partial charge < -0.3 is 4.90 Å². The maximum Gasteiger partial charge on any atom is 0.260 e. The molecule has 0 saturated carbocycles. The average molecular weight is 426 g/mol. The topological polar surface area (TPSA) is 36.4 Å². The van der Waals surface area contributed by atoms with Crippen molar-refractivity contribution >= 4 is 45.0 Å². The lowest BCUT2D eigenvalue weighted by Gasteiger charge is -2.22. The van der Waals surface area contributed by atoms with Gasteiger partial charge in [-0.25, -0.2) is 13.8 Å². The van der Waals surface area contributed by atoms with Gasteiger partial charge in [-0.05, 0) is 45.6 Å². The third-order valence-corrected chi connectivity index (χ3v) is 5.29. The highest BCUT2D eigenvalue weighted by molar-refractivity contribution is 7.22. The Morgan fingerprint density at radius 3 is 2.46 bits per heavy atom. The van der Waals surface area contributed by atoms with Crippen LogP contribution in [0.25, 0.3) is 10.2 Å². The lowest BCUT2D eigenvalue weighted by molar-refractivity contribution is 0.0984. The molecule has 0 N–H and O–H groups in total. The number of benzene rings is 2. The van der Waals surface area contributed by atoms with Crippen LogP contribution in [0.15, 0.2) is 30.3 Å². The normalized spacial score (nSPS) is 11.0. The van der Waals surface area contributed by atoms with E-state index in [1.54, 1.807) is 11.0 Å². The van der Waals surface area contributed by atoms with Crippen molar-refractivity contribution in [2.75, 3.05) is 32.1 Å². The molecule has 1 heterocycles. The van der Waals surface area contributed by atoms with Gasteiger partial charge in [0.2, 0.25) is 0 Å². The van der Waals surface area contributed by atoms with Gasteiger partial charge in [0.1, 0.15) is 11.3 Å². The number of likely N-dealkylation sites (N-methyl/N-ethyl adjacent to an activating group) is 1. The summed E-state index contributed by atoms with van der Waals surface area (Å²) in [6.45, 7) is 4.86. The molecule has 0 aliphatic carbocycles. The first-order chi connectivity index (χ1) is 12.8. The maximum absolute atomic E-state index is 14.1. The summed E-state index contributed by atoms with van der Waals surface area (Å²) in [5, 5.41) is 0.362. The minimum absolute atomic E-state index is 0. The average Bonchev–Trinajstić information content (AvgIpc) is 2.98. The fraction of sp³-hybridized carbons (Fsp3) is 0.300. The van der Waals surface area contributed by atoms with Crippen LogP contribution < -0.4 is 4.90 Å². The van der Waals surface area contributed by atoms with Gasteiger partial charge in [0.25, 0.3) is 5.91 Å². The fourth-order valence-electron chi connectivity index (χ4n) is 2.84. The van der Waals surface area contributed by atoms with E-state index in [1.165, 1.54) is 6.07 Å². The summed E-state index contributed by atoms with van der Waals surface area (Å²) in [7, 11) is 3.82. The molecule has 2 aromatic carbocycles. The highest BCUT2D eigenvalue weighted by Crippen LogP contribution is 2.32. The monoisotopic (exact) mass is 425 g/mol. The van der Waals surface area contributed by atoms with Crippen molar-refractivity contribution in [3.8, 4) is 0 Å². The van der Waals surface area contributed by atoms with Crippen LogP contribution in [0.4, 0.5) is 13.9 Å². The number of thiazole rings is 1. The Balaban J connectivity index is 0.00000280. The van der Waals surface area contributed by atoms with E-state index < -0.39 is 11.6 Å². The van der Waals surface area contributed by atoms with Crippen molar-refractivity contribution in [3.63, 3.8) is 0 Å². The van der Waals surface area contributed by atoms with Gasteiger partial charge in [0, 0.05) is 24.7 Å². The van der Waals surface area contributed by atoms with Gasteiger partial charge in [-0.2, -0.15) is 0 Å². The quantitative estimate of drug-likeness (QED) is 0.588. The first-order valence-corrected chi connectivity index (χ1v) is 9.37. The van der Waals surface area contributed by atoms with Crippen molar-refractivity contribution < 1.29 is 13.6 Å². The van der Waals surface area contributed by atoms with Gasteiger partial charge in [-0.1, -0.05) is 29.0 Å². The number of aromatic nitrogens is 1. The number of halogens is 3. The van der Waals surface area contributed by atoms with Crippen molar-refractivity contribution in [2.45, 2.75) is 13.8 Å². The highest BCUT2D eigenvalue weighted by atomic mass is 35.5. The smallest absolute Gasteiger partial charge is 0.260 e. The molecule has 8 heteroatoms. The van der Waals surface area contributed by atoms with Crippen molar-refractivity contribution in [1.29, 1.82) is 0 Å². The lowest BCUT2D eigenvalue weighted by atomic mass is 10.0. The molecule has 0 unspecified atom stereocenters. The standard InChI is InChI=1S/C20H21F2N3OS.ClH/c1-12-5-6-15(13(2)9-12)19(26)25(8-7-24(3)4)20-23-18-16(22)10-14(21)11-17(18)27-20;/h5-6,9-11H,7-8H2,1-4H3;1H. The number of carbonyl (C=O) groups is 1. The summed E-state index contributed by atoms with van der Waals surface area (Å²) >= 11 is 1.11. The lowest BCUT2D eigenvalue weighted by Crippen LogP contribution is -2.37. The first-order valence-electron chi connectivity index (χ1n) is 8.55. The largest absolute Gasteiger partial charge is 0.308 e. The van der Waals surface area contributed by atoms with E-state index in [2.05, 4.69) is 4.98 Å². The molecule has 1 amide bonds. The van der Waals surface area contributed by atoms with Crippen LogP contribution >= 0.6 is 23.7 Å². The molecule has 0 atom stereocenters. The van der Waals surface area contributed by atoms with Crippen molar-refractivity contribution in [1.82, 2.24) is 9.88 Å². The molecule has 0 aliphatic rings. The Labute approximate surface area is 173 Å². The van der Waals surface area contributed by atoms with Gasteiger partial charge in [0.15, 0.2) is 10.9 Å². The molecule has 28 heavy (non-hydrogen) atoms. The van der Waals surface area contributed by atoms with Crippen LogP contribution in [0.1, 0.15) is 21.5 Å². The summed E-state index contributed by atoms with van der Waals surface area (Å²) in [6.07, 6.45) is 0. The number of nitrogens with zero attached hydrogens (tertiary/aromatic N) is 3. The van der Waals surface area contributed by atoms with Crippen LogP contribution in [0.5, 0.6) is 0 Å². The Kier molecular flexibility index (Phi) is 7.09. The maximum atomic E-state index is 14.1. The summed E-state index contributed by atoms with van der Waals surface area (Å²) in [5.74, 6) is -1.58. The third kappa shape index (κ3) is 4.66. The molecule has 0 bridgehead atoms. The molecule has 3 aromatic rings. The van der Waals surface area contributed by atoms with Crippen LogP contribution in [0, 0.1) is 25.5 Å². The Morgan fingerprint density at radius 1 is 1.11 bits per heavy atom. The van der Waals surface area contributed by atoms with Crippen LogP contribution in [0.2, 0.25) is 0 Å². The first kappa shape index (κ1) is 22.2. The zero-order valence-corrected chi connectivity index (χ0v) is 17.8. The van der Waals surface area contributed by atoms with E-state index in [9.17, 15) is 13.6 Å². The molecule has 0 spiro atoms. The highest BCUT2D eigenvalue weighted by Gasteiger charge is 2.23. The van der Waals surface area contributed by atoms with Gasteiger partial charge in [-0.15, -0.1) is 12.4 Å². The zero-order valence-electron chi connectivity index (χ0n) is 16.1. The Hall–Kier alpha value is -2.09. The summed E-state index contributed by atoms with van der Waals surface area (Å²) in [5.41, 5.74) is 2.60. The molecule has 0 aliphatic heterocycles. The molecule has 0 radical (unpaired) electrons. The summed E-state index contributed by atoms with van der Waals surface area (Å²) < 4.78 is 28.0. The van der Waals surface area contributed by atoms with Crippen molar-refractivity contribution in [2.24, 2.45) is 0 Å².